The quantitative estimate of drug-likeness (QED) is 0.599. The van der Waals surface area contributed by atoms with Crippen LogP contribution in [0.3, 0.4) is 0 Å². The summed E-state index contributed by atoms with van der Waals surface area (Å²) in [5, 5.41) is 0. The second-order valence-corrected chi connectivity index (χ2v) is 3.76. The lowest BCUT2D eigenvalue weighted by Gasteiger charge is -2.23. The monoisotopic (exact) mass is 169 g/mol. The zero-order valence-corrected chi connectivity index (χ0v) is 8.34. The highest BCUT2D eigenvalue weighted by atomic mass is 16.5. The van der Waals surface area contributed by atoms with Gasteiger partial charge in [-0.3, -0.25) is 4.90 Å². The van der Waals surface area contributed by atoms with Gasteiger partial charge in [0, 0.05) is 12.1 Å². The summed E-state index contributed by atoms with van der Waals surface area (Å²) in [6.07, 6.45) is 2.55. The van der Waals surface area contributed by atoms with E-state index in [0.717, 1.165) is 12.4 Å². The topological polar surface area (TPSA) is 12.5 Å². The van der Waals surface area contributed by atoms with Gasteiger partial charge in [-0.05, 0) is 33.7 Å². The molecule has 1 heterocycles. The summed E-state index contributed by atoms with van der Waals surface area (Å²) in [7, 11) is 2.17. The molecule has 0 spiro atoms. The van der Waals surface area contributed by atoms with Crippen molar-refractivity contribution in [2.75, 3.05) is 13.7 Å². The third-order valence-corrected chi connectivity index (χ3v) is 2.71. The van der Waals surface area contributed by atoms with Gasteiger partial charge in [0.1, 0.15) is 6.61 Å². The van der Waals surface area contributed by atoms with Gasteiger partial charge in [0.15, 0.2) is 0 Å². The van der Waals surface area contributed by atoms with Crippen molar-refractivity contribution >= 4 is 0 Å². The van der Waals surface area contributed by atoms with E-state index in [1.165, 1.54) is 12.8 Å². The van der Waals surface area contributed by atoms with Crippen LogP contribution in [-0.4, -0.2) is 30.6 Å². The highest BCUT2D eigenvalue weighted by molar-refractivity contribution is 4.84. The fourth-order valence-corrected chi connectivity index (χ4v) is 1.64. The van der Waals surface area contributed by atoms with Gasteiger partial charge in [0.25, 0.3) is 0 Å². The van der Waals surface area contributed by atoms with Crippen LogP contribution in [-0.2, 0) is 4.74 Å². The van der Waals surface area contributed by atoms with E-state index in [1.54, 1.807) is 0 Å². The number of rotatable bonds is 3. The second kappa shape index (κ2) is 3.94. The molecule has 0 radical (unpaired) electrons. The number of hydrogen-bond donors (Lipinski definition) is 0. The van der Waals surface area contributed by atoms with Crippen LogP contribution in [0.5, 0.6) is 0 Å². The number of hydrogen-bond acceptors (Lipinski definition) is 2. The molecule has 2 nitrogen and oxygen atoms in total. The van der Waals surface area contributed by atoms with Gasteiger partial charge in [0.05, 0.1) is 5.76 Å². The molecule has 2 atom stereocenters. The van der Waals surface area contributed by atoms with Crippen molar-refractivity contribution < 1.29 is 4.74 Å². The van der Waals surface area contributed by atoms with E-state index in [9.17, 15) is 0 Å². The van der Waals surface area contributed by atoms with Crippen LogP contribution in [0.4, 0.5) is 0 Å². The standard InChI is InChI=1S/C10H19NO/c1-8(2)12-7-10-6-5-9(3)11(10)4/h9-10H,1,5-7H2,2-4H3. The summed E-state index contributed by atoms with van der Waals surface area (Å²) >= 11 is 0. The molecule has 1 aliphatic rings. The summed E-state index contributed by atoms with van der Waals surface area (Å²) in [5.41, 5.74) is 0. The number of likely N-dealkylation sites (N-methyl/N-ethyl adjacent to an activating group) is 1. The van der Waals surface area contributed by atoms with Crippen LogP contribution in [0.25, 0.3) is 0 Å². The Balaban J connectivity index is 2.29. The second-order valence-electron chi connectivity index (χ2n) is 3.76. The molecule has 0 aliphatic carbocycles. The summed E-state index contributed by atoms with van der Waals surface area (Å²) in [6, 6.07) is 1.31. The Hall–Kier alpha value is -0.500. The zero-order chi connectivity index (χ0) is 9.14. The van der Waals surface area contributed by atoms with E-state index in [0.29, 0.717) is 12.1 Å². The fraction of sp³-hybridized carbons (Fsp3) is 0.800. The Morgan fingerprint density at radius 1 is 1.58 bits per heavy atom. The number of allylic oxidation sites excluding steroid dienone is 1. The van der Waals surface area contributed by atoms with Crippen LogP contribution in [0.15, 0.2) is 12.3 Å². The minimum Gasteiger partial charge on any atom is -0.497 e. The molecule has 0 amide bonds. The number of nitrogens with zero attached hydrogens (tertiary/aromatic N) is 1. The molecule has 0 aromatic heterocycles. The minimum absolute atomic E-state index is 0.594. The van der Waals surface area contributed by atoms with Crippen LogP contribution in [0, 0.1) is 0 Å². The third kappa shape index (κ3) is 2.24. The maximum Gasteiger partial charge on any atom is 0.103 e. The minimum atomic E-state index is 0.594. The van der Waals surface area contributed by atoms with E-state index in [2.05, 4.69) is 25.5 Å². The Morgan fingerprint density at radius 3 is 2.67 bits per heavy atom. The maximum atomic E-state index is 5.41. The van der Waals surface area contributed by atoms with Crippen LogP contribution in [0.1, 0.15) is 26.7 Å². The van der Waals surface area contributed by atoms with Crippen LogP contribution >= 0.6 is 0 Å². The lowest BCUT2D eigenvalue weighted by atomic mass is 10.2. The number of likely N-dealkylation sites (tertiary alicyclic amines) is 1. The molecule has 0 aromatic carbocycles. The Labute approximate surface area is 75.2 Å². The molecule has 0 N–H and O–H groups in total. The molecule has 2 unspecified atom stereocenters. The molecule has 12 heavy (non-hydrogen) atoms. The lowest BCUT2D eigenvalue weighted by Crippen LogP contribution is -2.33. The van der Waals surface area contributed by atoms with Crippen molar-refractivity contribution in [2.24, 2.45) is 0 Å². The molecule has 1 fully saturated rings. The Kier molecular flexibility index (Phi) is 3.15. The first kappa shape index (κ1) is 9.59. The van der Waals surface area contributed by atoms with Crippen LogP contribution < -0.4 is 0 Å². The summed E-state index contributed by atoms with van der Waals surface area (Å²) in [4.78, 5) is 2.39. The smallest absolute Gasteiger partial charge is 0.103 e. The summed E-state index contributed by atoms with van der Waals surface area (Å²) in [5.74, 6) is 0.822. The third-order valence-electron chi connectivity index (χ3n) is 2.71. The first-order valence-electron chi connectivity index (χ1n) is 4.61. The first-order valence-corrected chi connectivity index (χ1v) is 4.61. The molecule has 1 saturated heterocycles. The highest BCUT2D eigenvalue weighted by Crippen LogP contribution is 2.21. The fourth-order valence-electron chi connectivity index (χ4n) is 1.64. The summed E-state index contributed by atoms with van der Waals surface area (Å²) < 4.78 is 5.41. The van der Waals surface area contributed by atoms with Crippen molar-refractivity contribution in [1.29, 1.82) is 0 Å². The van der Waals surface area contributed by atoms with Gasteiger partial charge >= 0.3 is 0 Å². The van der Waals surface area contributed by atoms with E-state index in [1.807, 2.05) is 6.92 Å². The maximum absolute atomic E-state index is 5.41. The van der Waals surface area contributed by atoms with Gasteiger partial charge in [-0.25, -0.2) is 0 Å². The SMILES string of the molecule is C=C(C)OCC1CCC(C)N1C. The average molecular weight is 169 g/mol. The zero-order valence-electron chi connectivity index (χ0n) is 8.34. The first-order chi connectivity index (χ1) is 5.61. The average Bonchev–Trinajstić information content (AvgIpc) is 2.30. The van der Waals surface area contributed by atoms with Gasteiger partial charge in [0.2, 0.25) is 0 Å². The van der Waals surface area contributed by atoms with Crippen LogP contribution in [0.2, 0.25) is 0 Å². The largest absolute Gasteiger partial charge is 0.497 e. The van der Waals surface area contributed by atoms with E-state index < -0.39 is 0 Å². The lowest BCUT2D eigenvalue weighted by molar-refractivity contribution is 0.127. The van der Waals surface area contributed by atoms with Crippen molar-refractivity contribution in [3.05, 3.63) is 12.3 Å². The summed E-state index contributed by atoms with van der Waals surface area (Å²) in [6.45, 7) is 8.69. The molecule has 0 aromatic rings. The molecule has 1 rings (SSSR count). The van der Waals surface area contributed by atoms with Gasteiger partial charge in [-0.15, -0.1) is 0 Å². The molecular formula is C10H19NO. The van der Waals surface area contributed by atoms with Crippen molar-refractivity contribution in [1.82, 2.24) is 4.90 Å². The molecule has 0 saturated carbocycles. The molecule has 1 aliphatic heterocycles. The molecule has 0 bridgehead atoms. The van der Waals surface area contributed by atoms with Crippen molar-refractivity contribution in [2.45, 2.75) is 38.8 Å². The van der Waals surface area contributed by atoms with E-state index >= 15 is 0 Å². The Bertz CT molecular complexity index is 167. The Morgan fingerprint density at radius 2 is 2.25 bits per heavy atom. The molecule has 2 heteroatoms. The van der Waals surface area contributed by atoms with Gasteiger partial charge in [-0.2, -0.15) is 0 Å². The highest BCUT2D eigenvalue weighted by Gasteiger charge is 2.27. The van der Waals surface area contributed by atoms with E-state index in [-0.39, 0.29) is 0 Å². The van der Waals surface area contributed by atoms with Gasteiger partial charge in [-0.1, -0.05) is 6.58 Å². The molecule has 70 valence electrons. The van der Waals surface area contributed by atoms with E-state index in [4.69, 9.17) is 4.74 Å². The predicted molar refractivity (Wildman–Crippen MR) is 51.0 cm³/mol. The van der Waals surface area contributed by atoms with Gasteiger partial charge < -0.3 is 4.74 Å². The number of ether oxygens (including phenoxy) is 1. The normalized spacial score (nSPS) is 30.6. The van der Waals surface area contributed by atoms with Crippen molar-refractivity contribution in [3.63, 3.8) is 0 Å². The molecular weight excluding hydrogens is 150 g/mol. The predicted octanol–water partition coefficient (Wildman–Crippen LogP) is 2.02. The van der Waals surface area contributed by atoms with Crippen molar-refractivity contribution in [3.8, 4) is 0 Å².